The molecule has 104 valence electrons. The summed E-state index contributed by atoms with van der Waals surface area (Å²) in [6.07, 6.45) is 0.513. The topological polar surface area (TPSA) is 42.9 Å². The summed E-state index contributed by atoms with van der Waals surface area (Å²) in [5, 5.41) is 7.88. The zero-order chi connectivity index (χ0) is 14.7. The molecule has 0 amide bonds. The van der Waals surface area contributed by atoms with Gasteiger partial charge in [-0.2, -0.15) is 10.2 Å². The number of aryl methyl sites for hydroxylation is 2. The zero-order valence-electron chi connectivity index (χ0n) is 11.3. The number of carbonyl (C=O) groups excluding carboxylic acids is 1. The Morgan fingerprint density at radius 3 is 2.35 bits per heavy atom. The lowest BCUT2D eigenvalue weighted by Crippen LogP contribution is -2.10. The van der Waals surface area contributed by atoms with Crippen molar-refractivity contribution < 1.29 is 13.6 Å². The van der Waals surface area contributed by atoms with E-state index in [-0.39, 0.29) is 12.2 Å². The fraction of sp³-hybridized carbons (Fsp3) is 0.267. The molecule has 0 spiro atoms. The first-order valence-corrected chi connectivity index (χ1v) is 6.31. The molecule has 0 saturated carbocycles. The minimum Gasteiger partial charge on any atom is -0.294 e. The number of benzene rings is 1. The minimum atomic E-state index is -0.687. The maximum Gasteiger partial charge on any atom is 0.169 e. The number of halogens is 2. The smallest absolute Gasteiger partial charge is 0.169 e. The van der Waals surface area contributed by atoms with Gasteiger partial charge in [-0.25, -0.2) is 8.78 Å². The summed E-state index contributed by atoms with van der Waals surface area (Å²) in [7, 11) is 0. The van der Waals surface area contributed by atoms with Gasteiger partial charge in [0.15, 0.2) is 5.78 Å². The van der Waals surface area contributed by atoms with E-state index in [1.165, 1.54) is 0 Å². The number of aromatic nitrogens is 2. The highest BCUT2D eigenvalue weighted by molar-refractivity contribution is 5.98. The van der Waals surface area contributed by atoms with Crippen LogP contribution in [0.25, 0.3) is 0 Å². The Hall–Kier alpha value is -2.17. The van der Waals surface area contributed by atoms with Gasteiger partial charge in [0.05, 0.1) is 11.4 Å². The summed E-state index contributed by atoms with van der Waals surface area (Å²) in [4.78, 5) is 12.3. The van der Waals surface area contributed by atoms with E-state index >= 15 is 0 Å². The summed E-state index contributed by atoms with van der Waals surface area (Å²) in [6, 6.07) is 4.76. The van der Waals surface area contributed by atoms with Gasteiger partial charge in [0.1, 0.15) is 11.6 Å². The Morgan fingerprint density at radius 1 is 1.10 bits per heavy atom. The summed E-state index contributed by atoms with van der Waals surface area (Å²) in [5.74, 6) is -1.59. The maximum absolute atomic E-state index is 13.1. The molecule has 1 aromatic carbocycles. The third-order valence-corrected chi connectivity index (χ3v) is 2.91. The molecule has 0 aliphatic rings. The van der Waals surface area contributed by atoms with Crippen molar-refractivity contribution in [2.24, 2.45) is 0 Å². The van der Waals surface area contributed by atoms with Crippen molar-refractivity contribution in [3.63, 3.8) is 0 Å². The minimum absolute atomic E-state index is 0.0627. The first-order valence-electron chi connectivity index (χ1n) is 6.31. The molecule has 2 aromatic rings. The molecule has 3 nitrogen and oxygen atoms in total. The summed E-state index contributed by atoms with van der Waals surface area (Å²) >= 11 is 0. The van der Waals surface area contributed by atoms with Crippen LogP contribution in [-0.4, -0.2) is 16.0 Å². The number of rotatable bonds is 4. The van der Waals surface area contributed by atoms with E-state index < -0.39 is 11.6 Å². The van der Waals surface area contributed by atoms with Gasteiger partial charge in [0.25, 0.3) is 0 Å². The lowest BCUT2D eigenvalue weighted by molar-refractivity contribution is 0.0991. The molecule has 0 unspecified atom stereocenters. The SMILES string of the molecule is CCc1nnc(C)cc1C(=O)Cc1cc(F)cc(F)c1. The second-order valence-corrected chi connectivity index (χ2v) is 4.58. The Labute approximate surface area is 115 Å². The van der Waals surface area contributed by atoms with Crippen LogP contribution in [0.5, 0.6) is 0 Å². The third-order valence-electron chi connectivity index (χ3n) is 2.91. The van der Waals surface area contributed by atoms with Crippen molar-refractivity contribution >= 4 is 5.78 Å². The fourth-order valence-corrected chi connectivity index (χ4v) is 2.01. The van der Waals surface area contributed by atoms with Gasteiger partial charge in [0, 0.05) is 18.1 Å². The second kappa shape index (κ2) is 5.86. The van der Waals surface area contributed by atoms with Crippen LogP contribution < -0.4 is 0 Å². The first kappa shape index (κ1) is 14.2. The Morgan fingerprint density at radius 2 is 1.75 bits per heavy atom. The Bertz CT molecular complexity index is 636. The molecule has 20 heavy (non-hydrogen) atoms. The van der Waals surface area contributed by atoms with E-state index in [4.69, 9.17) is 0 Å². The van der Waals surface area contributed by atoms with Crippen molar-refractivity contribution in [3.8, 4) is 0 Å². The van der Waals surface area contributed by atoms with Crippen molar-refractivity contribution in [3.05, 3.63) is 58.4 Å². The number of carbonyl (C=O) groups is 1. The molecule has 2 rings (SSSR count). The van der Waals surface area contributed by atoms with Crippen molar-refractivity contribution in [1.29, 1.82) is 0 Å². The number of Topliss-reactive ketones (excluding diaryl/α,β-unsaturated/α-hetero) is 1. The molecule has 0 fully saturated rings. The van der Waals surface area contributed by atoms with Crippen molar-refractivity contribution in [2.45, 2.75) is 26.7 Å². The maximum atomic E-state index is 13.1. The van der Waals surface area contributed by atoms with Gasteiger partial charge in [0.2, 0.25) is 0 Å². The normalized spacial score (nSPS) is 10.6. The van der Waals surface area contributed by atoms with Gasteiger partial charge in [-0.3, -0.25) is 4.79 Å². The van der Waals surface area contributed by atoms with Crippen LogP contribution in [0.3, 0.4) is 0 Å². The number of nitrogens with zero attached hydrogens (tertiary/aromatic N) is 2. The quantitative estimate of drug-likeness (QED) is 0.806. The van der Waals surface area contributed by atoms with Crippen LogP contribution in [0.1, 0.15) is 34.2 Å². The summed E-state index contributed by atoms with van der Waals surface area (Å²) in [5.41, 5.74) is 2.00. The molecule has 0 aliphatic carbocycles. The van der Waals surface area contributed by atoms with Crippen LogP contribution in [0.15, 0.2) is 24.3 Å². The van der Waals surface area contributed by atoms with Gasteiger partial charge in [-0.1, -0.05) is 6.92 Å². The molecule has 0 bridgehead atoms. The summed E-state index contributed by atoms with van der Waals surface area (Å²) in [6.45, 7) is 3.61. The molecule has 0 aliphatic heterocycles. The van der Waals surface area contributed by atoms with Crippen LogP contribution in [0, 0.1) is 18.6 Å². The first-order chi connectivity index (χ1) is 9.49. The highest BCUT2D eigenvalue weighted by Gasteiger charge is 2.14. The molecule has 0 radical (unpaired) electrons. The van der Waals surface area contributed by atoms with E-state index in [0.29, 0.717) is 28.9 Å². The highest BCUT2D eigenvalue weighted by atomic mass is 19.1. The highest BCUT2D eigenvalue weighted by Crippen LogP contribution is 2.14. The molecular weight excluding hydrogens is 262 g/mol. The van der Waals surface area contributed by atoms with Crippen molar-refractivity contribution in [2.75, 3.05) is 0 Å². The van der Waals surface area contributed by atoms with Gasteiger partial charge in [-0.05, 0) is 37.1 Å². The van der Waals surface area contributed by atoms with E-state index in [1.54, 1.807) is 13.0 Å². The third kappa shape index (κ3) is 3.23. The number of ketones is 1. The zero-order valence-corrected chi connectivity index (χ0v) is 11.3. The molecule has 1 heterocycles. The second-order valence-electron chi connectivity index (χ2n) is 4.58. The fourth-order valence-electron chi connectivity index (χ4n) is 2.01. The van der Waals surface area contributed by atoms with Crippen LogP contribution in [-0.2, 0) is 12.8 Å². The molecule has 0 atom stereocenters. The predicted octanol–water partition coefficient (Wildman–Crippen LogP) is 3.05. The molecule has 0 saturated heterocycles. The van der Waals surface area contributed by atoms with Gasteiger partial charge in [-0.15, -0.1) is 0 Å². The predicted molar refractivity (Wildman–Crippen MR) is 70.5 cm³/mol. The van der Waals surface area contributed by atoms with Crippen LogP contribution >= 0.6 is 0 Å². The van der Waals surface area contributed by atoms with Crippen LogP contribution in [0.2, 0.25) is 0 Å². The Balaban J connectivity index is 2.30. The van der Waals surface area contributed by atoms with Gasteiger partial charge < -0.3 is 0 Å². The lowest BCUT2D eigenvalue weighted by atomic mass is 10.0. The Kier molecular flexibility index (Phi) is 4.17. The van der Waals surface area contributed by atoms with Crippen molar-refractivity contribution in [1.82, 2.24) is 10.2 Å². The van der Waals surface area contributed by atoms with E-state index in [2.05, 4.69) is 10.2 Å². The average molecular weight is 276 g/mol. The average Bonchev–Trinajstić information content (AvgIpc) is 2.37. The molecule has 0 N–H and O–H groups in total. The molecule has 1 aromatic heterocycles. The standard InChI is InChI=1S/C15H14F2N2O/c1-3-14-13(4-9(2)18-19-14)15(20)7-10-5-11(16)8-12(17)6-10/h4-6,8H,3,7H2,1-2H3. The van der Waals surface area contributed by atoms with Crippen LogP contribution in [0.4, 0.5) is 8.78 Å². The molecular formula is C15H14F2N2O. The van der Waals surface area contributed by atoms with E-state index in [0.717, 1.165) is 18.2 Å². The number of hydrogen-bond donors (Lipinski definition) is 0. The van der Waals surface area contributed by atoms with E-state index in [1.807, 2.05) is 6.92 Å². The number of hydrogen-bond acceptors (Lipinski definition) is 3. The van der Waals surface area contributed by atoms with E-state index in [9.17, 15) is 13.6 Å². The molecule has 5 heteroatoms. The van der Waals surface area contributed by atoms with Gasteiger partial charge >= 0.3 is 0 Å². The monoisotopic (exact) mass is 276 g/mol. The summed E-state index contributed by atoms with van der Waals surface area (Å²) < 4.78 is 26.2. The largest absolute Gasteiger partial charge is 0.294 e. The lowest BCUT2D eigenvalue weighted by Gasteiger charge is -2.07.